The lowest BCUT2D eigenvalue weighted by molar-refractivity contribution is 0.243. The number of hydrogen-bond acceptors (Lipinski definition) is 3. The summed E-state index contributed by atoms with van der Waals surface area (Å²) in [5.74, 6) is 0. The molecule has 2 aromatic heterocycles. The summed E-state index contributed by atoms with van der Waals surface area (Å²) in [6, 6.07) is 7.88. The predicted molar refractivity (Wildman–Crippen MR) is 90.1 cm³/mol. The fourth-order valence-electron chi connectivity index (χ4n) is 3.18. The Morgan fingerprint density at radius 1 is 1.30 bits per heavy atom. The van der Waals surface area contributed by atoms with Crippen LogP contribution in [0.2, 0.25) is 5.02 Å². The Bertz CT molecular complexity index is 835. The van der Waals surface area contributed by atoms with Crippen LogP contribution >= 0.6 is 11.6 Å². The highest BCUT2D eigenvalue weighted by Crippen LogP contribution is 2.30. The Hall–Kier alpha value is -2.11. The molecule has 6 heteroatoms. The van der Waals surface area contributed by atoms with Gasteiger partial charge in [-0.15, -0.1) is 0 Å². The minimum atomic E-state index is 0.738. The molecule has 0 amide bonds. The van der Waals surface area contributed by atoms with E-state index in [-0.39, 0.29) is 0 Å². The maximum absolute atomic E-state index is 6.36. The van der Waals surface area contributed by atoms with E-state index in [1.54, 1.807) is 0 Å². The molecule has 0 bridgehead atoms. The molecule has 0 fully saturated rings. The van der Waals surface area contributed by atoms with E-state index >= 15 is 0 Å². The van der Waals surface area contributed by atoms with Crippen LogP contribution in [0.3, 0.4) is 0 Å². The van der Waals surface area contributed by atoms with Crippen molar-refractivity contribution < 1.29 is 0 Å². The highest BCUT2D eigenvalue weighted by Gasteiger charge is 2.21. The van der Waals surface area contributed by atoms with Crippen molar-refractivity contribution in [1.29, 1.82) is 0 Å². The third-order valence-corrected chi connectivity index (χ3v) is 4.64. The Morgan fingerprint density at radius 2 is 2.17 bits per heavy atom. The molecule has 0 spiro atoms. The Kier molecular flexibility index (Phi) is 3.67. The number of nitrogens with zero attached hydrogens (tertiary/aromatic N) is 4. The van der Waals surface area contributed by atoms with Crippen LogP contribution in [0.4, 0.5) is 0 Å². The van der Waals surface area contributed by atoms with Gasteiger partial charge in [-0.2, -0.15) is 10.2 Å². The molecule has 0 radical (unpaired) electrons. The average molecular weight is 328 g/mol. The predicted octanol–water partition coefficient (Wildman–Crippen LogP) is 3.02. The third-order valence-electron chi connectivity index (χ3n) is 4.31. The van der Waals surface area contributed by atoms with Gasteiger partial charge in [-0.25, -0.2) is 0 Å². The second-order valence-electron chi connectivity index (χ2n) is 5.99. The molecule has 23 heavy (non-hydrogen) atoms. The molecule has 1 aliphatic rings. The first kappa shape index (κ1) is 14.5. The maximum Gasteiger partial charge on any atom is 0.0983 e. The molecule has 4 rings (SSSR count). The van der Waals surface area contributed by atoms with E-state index in [0.29, 0.717) is 0 Å². The van der Waals surface area contributed by atoms with Crippen molar-refractivity contribution in [2.45, 2.75) is 19.5 Å². The molecule has 3 heterocycles. The van der Waals surface area contributed by atoms with Gasteiger partial charge in [0.1, 0.15) is 0 Å². The van der Waals surface area contributed by atoms with Gasteiger partial charge in [-0.3, -0.25) is 14.7 Å². The lowest BCUT2D eigenvalue weighted by Gasteiger charge is -2.26. The van der Waals surface area contributed by atoms with E-state index < -0.39 is 0 Å². The fraction of sp³-hybridized carbons (Fsp3) is 0.294. The molecular weight excluding hydrogens is 310 g/mol. The van der Waals surface area contributed by atoms with Crippen molar-refractivity contribution >= 4 is 11.6 Å². The monoisotopic (exact) mass is 327 g/mol. The molecule has 118 valence electrons. The molecule has 0 unspecified atom stereocenters. The minimum absolute atomic E-state index is 0.738. The highest BCUT2D eigenvalue weighted by atomic mass is 35.5. The molecule has 3 aromatic rings. The second kappa shape index (κ2) is 5.83. The zero-order chi connectivity index (χ0) is 15.8. The van der Waals surface area contributed by atoms with Gasteiger partial charge in [-0.05, 0) is 18.1 Å². The smallest absolute Gasteiger partial charge is 0.0983 e. The van der Waals surface area contributed by atoms with Crippen LogP contribution in [-0.2, 0) is 26.6 Å². The van der Waals surface area contributed by atoms with E-state index in [0.717, 1.165) is 42.3 Å². The number of aromatic nitrogens is 4. The first-order chi connectivity index (χ1) is 11.2. The standard InChI is InChI=1S/C17H18ClN5/c1-22-9-13(17(21-22)14-4-2-3-5-15(14)18)10-23-7-6-12-8-19-20-16(12)11-23/h2-5,8-9H,6-7,10-11H2,1H3,(H,19,20). The van der Waals surface area contributed by atoms with Crippen LogP contribution in [0.5, 0.6) is 0 Å². The minimum Gasteiger partial charge on any atom is -0.293 e. The Morgan fingerprint density at radius 3 is 3.04 bits per heavy atom. The molecule has 1 N–H and O–H groups in total. The van der Waals surface area contributed by atoms with Crippen molar-refractivity contribution in [3.63, 3.8) is 0 Å². The van der Waals surface area contributed by atoms with Gasteiger partial charge in [0.05, 0.1) is 22.6 Å². The number of fused-ring (bicyclic) bond motifs is 1. The quantitative estimate of drug-likeness (QED) is 0.804. The van der Waals surface area contributed by atoms with E-state index in [4.69, 9.17) is 11.6 Å². The van der Waals surface area contributed by atoms with Gasteiger partial charge in [0.2, 0.25) is 0 Å². The third kappa shape index (κ3) is 2.78. The number of aryl methyl sites for hydroxylation is 1. The summed E-state index contributed by atoms with van der Waals surface area (Å²) in [5, 5.41) is 12.6. The SMILES string of the molecule is Cn1cc(CN2CCc3cn[nH]c3C2)c(-c2ccccc2Cl)n1. The number of H-pyrrole nitrogens is 1. The van der Waals surface area contributed by atoms with E-state index in [2.05, 4.69) is 26.4 Å². The number of aromatic amines is 1. The van der Waals surface area contributed by atoms with Gasteiger partial charge < -0.3 is 0 Å². The Balaban J connectivity index is 1.62. The lowest BCUT2D eigenvalue weighted by atomic mass is 10.1. The summed E-state index contributed by atoms with van der Waals surface area (Å²) in [5.41, 5.74) is 5.71. The average Bonchev–Trinajstić information content (AvgIpc) is 3.14. The number of benzene rings is 1. The normalized spacial score (nSPS) is 14.9. The molecule has 0 saturated heterocycles. The largest absolute Gasteiger partial charge is 0.293 e. The molecule has 0 atom stereocenters. The summed E-state index contributed by atoms with van der Waals surface area (Å²) in [6.45, 7) is 2.78. The van der Waals surface area contributed by atoms with Crippen molar-refractivity contribution in [3.05, 3.63) is 58.5 Å². The van der Waals surface area contributed by atoms with Crippen LogP contribution in [0, 0.1) is 0 Å². The van der Waals surface area contributed by atoms with Crippen molar-refractivity contribution in [3.8, 4) is 11.3 Å². The topological polar surface area (TPSA) is 49.7 Å². The van der Waals surface area contributed by atoms with E-state index in [1.165, 1.54) is 16.8 Å². The van der Waals surface area contributed by atoms with Crippen LogP contribution in [0.1, 0.15) is 16.8 Å². The van der Waals surface area contributed by atoms with Gasteiger partial charge >= 0.3 is 0 Å². The molecular formula is C17H18ClN5. The molecule has 5 nitrogen and oxygen atoms in total. The zero-order valence-electron chi connectivity index (χ0n) is 13.0. The molecule has 0 aliphatic carbocycles. The number of nitrogens with one attached hydrogen (secondary N) is 1. The number of hydrogen-bond donors (Lipinski definition) is 1. The number of rotatable bonds is 3. The maximum atomic E-state index is 6.36. The van der Waals surface area contributed by atoms with Crippen molar-refractivity contribution in [1.82, 2.24) is 24.9 Å². The van der Waals surface area contributed by atoms with E-state index in [1.807, 2.05) is 42.2 Å². The van der Waals surface area contributed by atoms with E-state index in [9.17, 15) is 0 Å². The van der Waals surface area contributed by atoms with Crippen LogP contribution < -0.4 is 0 Å². The fourth-order valence-corrected chi connectivity index (χ4v) is 3.41. The molecule has 1 aliphatic heterocycles. The van der Waals surface area contributed by atoms with Gasteiger partial charge in [0.25, 0.3) is 0 Å². The zero-order valence-corrected chi connectivity index (χ0v) is 13.7. The lowest BCUT2D eigenvalue weighted by Crippen LogP contribution is -2.29. The molecule has 0 saturated carbocycles. The van der Waals surface area contributed by atoms with Crippen LogP contribution in [0.15, 0.2) is 36.7 Å². The van der Waals surface area contributed by atoms with Gasteiger partial charge in [-0.1, -0.05) is 29.8 Å². The summed E-state index contributed by atoms with van der Waals surface area (Å²) in [4.78, 5) is 2.41. The van der Waals surface area contributed by atoms with Gasteiger partial charge in [0.15, 0.2) is 0 Å². The number of halogens is 1. The first-order valence-corrected chi connectivity index (χ1v) is 8.09. The summed E-state index contributed by atoms with van der Waals surface area (Å²) < 4.78 is 1.86. The van der Waals surface area contributed by atoms with Crippen LogP contribution in [-0.4, -0.2) is 31.4 Å². The Labute approximate surface area is 139 Å². The van der Waals surface area contributed by atoms with Gasteiger partial charge in [0, 0.05) is 44.0 Å². The van der Waals surface area contributed by atoms with Crippen molar-refractivity contribution in [2.24, 2.45) is 7.05 Å². The first-order valence-electron chi connectivity index (χ1n) is 7.71. The van der Waals surface area contributed by atoms with Crippen LogP contribution in [0.25, 0.3) is 11.3 Å². The summed E-state index contributed by atoms with van der Waals surface area (Å²) in [7, 11) is 1.95. The second-order valence-corrected chi connectivity index (χ2v) is 6.40. The van der Waals surface area contributed by atoms with Crippen molar-refractivity contribution in [2.75, 3.05) is 6.54 Å². The summed E-state index contributed by atoms with van der Waals surface area (Å²) >= 11 is 6.36. The highest BCUT2D eigenvalue weighted by molar-refractivity contribution is 6.33. The summed E-state index contributed by atoms with van der Waals surface area (Å²) in [6.07, 6.45) is 5.06. The molecule has 1 aromatic carbocycles.